The molecule has 2 aromatic heterocycles. The molecular weight excluding hydrogens is 238 g/mol. The van der Waals surface area contributed by atoms with Gasteiger partial charge in [0.25, 0.3) is 0 Å². The fourth-order valence-electron chi connectivity index (χ4n) is 2.20. The number of aromatic nitrogens is 2. The van der Waals surface area contributed by atoms with Gasteiger partial charge in [0.15, 0.2) is 0 Å². The van der Waals surface area contributed by atoms with Gasteiger partial charge in [0.2, 0.25) is 0 Å². The quantitative estimate of drug-likeness (QED) is 0.776. The van der Waals surface area contributed by atoms with E-state index in [2.05, 4.69) is 27.6 Å². The highest BCUT2D eigenvalue weighted by Gasteiger charge is 2.09. The Morgan fingerprint density at radius 3 is 2.84 bits per heavy atom. The molecule has 0 saturated heterocycles. The summed E-state index contributed by atoms with van der Waals surface area (Å²) in [5, 5.41) is 8.52. The van der Waals surface area contributed by atoms with Crippen molar-refractivity contribution in [3.05, 3.63) is 53.5 Å². The van der Waals surface area contributed by atoms with Crippen molar-refractivity contribution in [2.75, 3.05) is 5.32 Å². The van der Waals surface area contributed by atoms with Crippen molar-refractivity contribution in [3.8, 4) is 0 Å². The van der Waals surface area contributed by atoms with Crippen LogP contribution in [0.4, 0.5) is 5.69 Å². The Morgan fingerprint density at radius 2 is 2.05 bits per heavy atom. The standard InChI is InChI=1S/C15H15N3O/c1-10-13(11(2)19-18-10)9-17-15-7-3-6-14-12(15)5-4-8-16-14/h3-8,17H,9H2,1-2H3. The van der Waals surface area contributed by atoms with Gasteiger partial charge in [0.1, 0.15) is 5.76 Å². The number of pyridine rings is 1. The zero-order valence-electron chi connectivity index (χ0n) is 11.0. The normalized spacial score (nSPS) is 10.8. The predicted molar refractivity (Wildman–Crippen MR) is 75.0 cm³/mol. The van der Waals surface area contributed by atoms with Gasteiger partial charge >= 0.3 is 0 Å². The summed E-state index contributed by atoms with van der Waals surface area (Å²) in [5.74, 6) is 0.864. The molecule has 4 nitrogen and oxygen atoms in total. The number of aryl methyl sites for hydroxylation is 2. The Balaban J connectivity index is 1.90. The number of anilines is 1. The number of nitrogens with zero attached hydrogens (tertiary/aromatic N) is 2. The first-order valence-electron chi connectivity index (χ1n) is 6.25. The van der Waals surface area contributed by atoms with Gasteiger partial charge in [0.05, 0.1) is 11.2 Å². The van der Waals surface area contributed by atoms with Gasteiger partial charge in [-0.25, -0.2) is 0 Å². The number of nitrogens with one attached hydrogen (secondary N) is 1. The lowest BCUT2D eigenvalue weighted by molar-refractivity contribution is 0.392. The molecule has 3 aromatic rings. The first-order chi connectivity index (χ1) is 9.25. The van der Waals surface area contributed by atoms with Crippen molar-refractivity contribution in [2.45, 2.75) is 20.4 Å². The summed E-state index contributed by atoms with van der Waals surface area (Å²) < 4.78 is 5.17. The maximum Gasteiger partial charge on any atom is 0.138 e. The number of fused-ring (bicyclic) bond motifs is 1. The molecule has 0 amide bonds. The number of hydrogen-bond acceptors (Lipinski definition) is 4. The molecule has 0 aliphatic rings. The average Bonchev–Trinajstić information content (AvgIpc) is 2.76. The Hall–Kier alpha value is -2.36. The van der Waals surface area contributed by atoms with E-state index in [1.165, 1.54) is 0 Å². The highest BCUT2D eigenvalue weighted by atomic mass is 16.5. The Kier molecular flexibility index (Phi) is 2.91. The van der Waals surface area contributed by atoms with Crippen LogP contribution in [0.5, 0.6) is 0 Å². The lowest BCUT2D eigenvalue weighted by Gasteiger charge is -2.09. The van der Waals surface area contributed by atoms with Gasteiger partial charge < -0.3 is 9.84 Å². The van der Waals surface area contributed by atoms with Crippen molar-refractivity contribution >= 4 is 16.6 Å². The fourth-order valence-corrected chi connectivity index (χ4v) is 2.20. The van der Waals surface area contributed by atoms with Crippen molar-refractivity contribution in [3.63, 3.8) is 0 Å². The topological polar surface area (TPSA) is 51.0 Å². The van der Waals surface area contributed by atoms with E-state index in [0.29, 0.717) is 6.54 Å². The van der Waals surface area contributed by atoms with Gasteiger partial charge in [0, 0.05) is 29.4 Å². The van der Waals surface area contributed by atoms with Gasteiger partial charge in [-0.05, 0) is 38.1 Å². The summed E-state index contributed by atoms with van der Waals surface area (Å²) in [6.45, 7) is 4.59. The fraction of sp³-hybridized carbons (Fsp3) is 0.200. The molecule has 3 rings (SSSR count). The summed E-state index contributed by atoms with van der Waals surface area (Å²) in [4.78, 5) is 4.35. The van der Waals surface area contributed by atoms with Crippen LogP contribution in [0.3, 0.4) is 0 Å². The minimum atomic E-state index is 0.704. The minimum Gasteiger partial charge on any atom is -0.380 e. The summed E-state index contributed by atoms with van der Waals surface area (Å²) >= 11 is 0. The van der Waals surface area contributed by atoms with Crippen molar-refractivity contribution < 1.29 is 4.52 Å². The third kappa shape index (κ3) is 2.17. The summed E-state index contributed by atoms with van der Waals surface area (Å²) in [6, 6.07) is 10.1. The van der Waals surface area contributed by atoms with Crippen LogP contribution in [-0.4, -0.2) is 10.1 Å². The average molecular weight is 253 g/mol. The molecule has 0 aliphatic heterocycles. The monoisotopic (exact) mass is 253 g/mol. The van der Waals surface area contributed by atoms with Gasteiger partial charge in [-0.1, -0.05) is 11.2 Å². The highest BCUT2D eigenvalue weighted by molar-refractivity contribution is 5.91. The van der Waals surface area contributed by atoms with Gasteiger partial charge in [-0.3, -0.25) is 4.98 Å². The van der Waals surface area contributed by atoms with E-state index >= 15 is 0 Å². The summed E-state index contributed by atoms with van der Waals surface area (Å²) in [6.07, 6.45) is 1.81. The third-order valence-corrected chi connectivity index (χ3v) is 3.28. The second-order valence-electron chi connectivity index (χ2n) is 4.53. The van der Waals surface area contributed by atoms with Crippen LogP contribution in [0.1, 0.15) is 17.0 Å². The van der Waals surface area contributed by atoms with Crippen molar-refractivity contribution in [1.82, 2.24) is 10.1 Å². The van der Waals surface area contributed by atoms with Gasteiger partial charge in [-0.15, -0.1) is 0 Å². The van der Waals surface area contributed by atoms with E-state index in [-0.39, 0.29) is 0 Å². The number of rotatable bonds is 3. The van der Waals surface area contributed by atoms with E-state index in [1.54, 1.807) is 6.20 Å². The molecule has 1 N–H and O–H groups in total. The predicted octanol–water partition coefficient (Wildman–Crippen LogP) is 3.45. The number of benzene rings is 1. The zero-order valence-corrected chi connectivity index (χ0v) is 11.0. The Bertz CT molecular complexity index is 693. The molecule has 2 heterocycles. The molecule has 0 saturated carbocycles. The Morgan fingerprint density at radius 1 is 1.16 bits per heavy atom. The molecule has 0 bridgehead atoms. The molecule has 0 fully saturated rings. The Labute approximate surface area is 111 Å². The maximum atomic E-state index is 5.17. The van der Waals surface area contributed by atoms with Crippen LogP contribution >= 0.6 is 0 Å². The third-order valence-electron chi connectivity index (χ3n) is 3.28. The molecule has 0 radical (unpaired) electrons. The molecule has 0 atom stereocenters. The zero-order chi connectivity index (χ0) is 13.2. The van der Waals surface area contributed by atoms with E-state index in [4.69, 9.17) is 4.52 Å². The molecule has 96 valence electrons. The molecule has 1 aromatic carbocycles. The van der Waals surface area contributed by atoms with Crippen molar-refractivity contribution in [1.29, 1.82) is 0 Å². The van der Waals surface area contributed by atoms with E-state index in [1.807, 2.05) is 32.0 Å². The molecule has 0 aliphatic carbocycles. The van der Waals surface area contributed by atoms with E-state index < -0.39 is 0 Å². The summed E-state index contributed by atoms with van der Waals surface area (Å²) in [7, 11) is 0. The second kappa shape index (κ2) is 4.72. The van der Waals surface area contributed by atoms with Crippen LogP contribution in [0.2, 0.25) is 0 Å². The first-order valence-corrected chi connectivity index (χ1v) is 6.25. The van der Waals surface area contributed by atoms with Crippen molar-refractivity contribution in [2.24, 2.45) is 0 Å². The van der Waals surface area contributed by atoms with Crippen LogP contribution in [0.15, 0.2) is 41.1 Å². The van der Waals surface area contributed by atoms with Crippen LogP contribution < -0.4 is 5.32 Å². The van der Waals surface area contributed by atoms with Crippen LogP contribution in [0, 0.1) is 13.8 Å². The van der Waals surface area contributed by atoms with E-state index in [9.17, 15) is 0 Å². The SMILES string of the molecule is Cc1noc(C)c1CNc1cccc2ncccc12. The second-order valence-corrected chi connectivity index (χ2v) is 4.53. The largest absolute Gasteiger partial charge is 0.380 e. The van der Waals surface area contributed by atoms with Gasteiger partial charge in [-0.2, -0.15) is 0 Å². The maximum absolute atomic E-state index is 5.17. The molecule has 19 heavy (non-hydrogen) atoms. The lowest BCUT2D eigenvalue weighted by Crippen LogP contribution is -2.02. The first kappa shape index (κ1) is 11.7. The molecular formula is C15H15N3O. The van der Waals surface area contributed by atoms with Crippen LogP contribution in [-0.2, 0) is 6.54 Å². The summed E-state index contributed by atoms with van der Waals surface area (Å²) in [5.41, 5.74) is 4.11. The molecule has 4 heteroatoms. The van der Waals surface area contributed by atoms with E-state index in [0.717, 1.165) is 33.6 Å². The lowest BCUT2D eigenvalue weighted by atomic mass is 10.1. The number of hydrogen-bond donors (Lipinski definition) is 1. The minimum absolute atomic E-state index is 0.704. The molecule has 0 unspecified atom stereocenters. The smallest absolute Gasteiger partial charge is 0.138 e. The van der Waals surface area contributed by atoms with Crippen LogP contribution in [0.25, 0.3) is 10.9 Å². The molecule has 0 spiro atoms. The highest BCUT2D eigenvalue weighted by Crippen LogP contribution is 2.22.